The van der Waals surface area contributed by atoms with Gasteiger partial charge >= 0.3 is 0 Å². The molecule has 1 fully saturated rings. The molecule has 2 nitrogen and oxygen atoms in total. The van der Waals surface area contributed by atoms with Crippen molar-refractivity contribution in [1.29, 1.82) is 0 Å². The van der Waals surface area contributed by atoms with Gasteiger partial charge in [-0.3, -0.25) is 0 Å². The van der Waals surface area contributed by atoms with E-state index < -0.39 is 5.60 Å². The van der Waals surface area contributed by atoms with Gasteiger partial charge in [-0.05, 0) is 58.5 Å². The Balaban J connectivity index is 2.19. The van der Waals surface area contributed by atoms with Gasteiger partial charge in [0.1, 0.15) is 0 Å². The van der Waals surface area contributed by atoms with Crippen LogP contribution in [-0.4, -0.2) is 23.8 Å². The van der Waals surface area contributed by atoms with Crippen LogP contribution < -0.4 is 5.32 Å². The lowest BCUT2D eigenvalue weighted by Gasteiger charge is -2.21. The largest absolute Gasteiger partial charge is 0.390 e. The van der Waals surface area contributed by atoms with Crippen LogP contribution in [0.25, 0.3) is 0 Å². The number of aliphatic hydroxyl groups is 1. The Kier molecular flexibility index (Phi) is 4.20. The van der Waals surface area contributed by atoms with Gasteiger partial charge in [-0.25, -0.2) is 0 Å². The highest BCUT2D eigenvalue weighted by atomic mass is 16.3. The molecule has 1 heterocycles. The van der Waals surface area contributed by atoms with E-state index in [1.165, 1.54) is 25.8 Å². The van der Waals surface area contributed by atoms with Crippen molar-refractivity contribution in [2.45, 2.75) is 51.6 Å². The van der Waals surface area contributed by atoms with Crippen LogP contribution in [-0.2, 0) is 0 Å². The summed E-state index contributed by atoms with van der Waals surface area (Å²) >= 11 is 0. The van der Waals surface area contributed by atoms with Crippen molar-refractivity contribution < 1.29 is 5.11 Å². The summed E-state index contributed by atoms with van der Waals surface area (Å²) in [5.74, 6) is 0.786. The lowest BCUT2D eigenvalue weighted by Crippen LogP contribution is -2.24. The molecular formula is C11H23NO. The molecule has 0 bridgehead atoms. The summed E-state index contributed by atoms with van der Waals surface area (Å²) in [6.45, 7) is 6.13. The smallest absolute Gasteiger partial charge is 0.0591 e. The van der Waals surface area contributed by atoms with Crippen LogP contribution in [0.15, 0.2) is 0 Å². The second-order valence-corrected chi connectivity index (χ2v) is 4.92. The summed E-state index contributed by atoms with van der Waals surface area (Å²) in [6.07, 6.45) is 6.10. The molecule has 0 aromatic heterocycles. The molecular weight excluding hydrogens is 162 g/mol. The number of nitrogens with one attached hydrogen (secondary N) is 1. The molecule has 13 heavy (non-hydrogen) atoms. The van der Waals surface area contributed by atoms with Gasteiger partial charge in [0, 0.05) is 0 Å². The van der Waals surface area contributed by atoms with E-state index >= 15 is 0 Å². The minimum absolute atomic E-state index is 0.480. The molecule has 78 valence electrons. The van der Waals surface area contributed by atoms with E-state index in [0.29, 0.717) is 0 Å². The van der Waals surface area contributed by atoms with Crippen molar-refractivity contribution >= 4 is 0 Å². The monoisotopic (exact) mass is 185 g/mol. The quantitative estimate of drug-likeness (QED) is 0.704. The second-order valence-electron chi connectivity index (χ2n) is 4.92. The second kappa shape index (κ2) is 4.97. The molecule has 1 unspecified atom stereocenters. The molecule has 1 aliphatic rings. The van der Waals surface area contributed by atoms with Crippen molar-refractivity contribution in [2.75, 3.05) is 13.1 Å². The highest BCUT2D eigenvalue weighted by molar-refractivity contribution is 4.72. The summed E-state index contributed by atoms with van der Waals surface area (Å²) in [4.78, 5) is 0. The molecule has 0 amide bonds. The Morgan fingerprint density at radius 3 is 2.85 bits per heavy atom. The molecule has 0 spiro atoms. The Labute approximate surface area is 81.7 Å². The predicted octanol–water partition coefficient (Wildman–Crippen LogP) is 1.93. The standard InChI is InChI=1S/C11H23NO/c1-11(2,13)7-6-10-5-3-4-8-12-9-10/h10,12-13H,3-9H2,1-2H3. The molecule has 2 heteroatoms. The van der Waals surface area contributed by atoms with E-state index in [1.54, 1.807) is 0 Å². The van der Waals surface area contributed by atoms with Crippen LogP contribution >= 0.6 is 0 Å². The number of rotatable bonds is 3. The first-order valence-corrected chi connectivity index (χ1v) is 5.51. The number of hydrogen-bond donors (Lipinski definition) is 2. The minimum atomic E-state index is -0.480. The van der Waals surface area contributed by atoms with Crippen LogP contribution in [0, 0.1) is 5.92 Å². The van der Waals surface area contributed by atoms with Crippen LogP contribution in [0.3, 0.4) is 0 Å². The van der Waals surface area contributed by atoms with Gasteiger partial charge in [0.05, 0.1) is 5.60 Å². The van der Waals surface area contributed by atoms with E-state index in [4.69, 9.17) is 0 Å². The third-order valence-electron chi connectivity index (χ3n) is 2.81. The van der Waals surface area contributed by atoms with E-state index in [1.807, 2.05) is 13.8 Å². The first-order valence-electron chi connectivity index (χ1n) is 5.51. The molecule has 0 aliphatic carbocycles. The van der Waals surface area contributed by atoms with Crippen LogP contribution in [0.2, 0.25) is 0 Å². The van der Waals surface area contributed by atoms with Crippen molar-refractivity contribution in [3.63, 3.8) is 0 Å². The van der Waals surface area contributed by atoms with Crippen LogP contribution in [0.1, 0.15) is 46.0 Å². The van der Waals surface area contributed by atoms with E-state index in [-0.39, 0.29) is 0 Å². The first-order chi connectivity index (χ1) is 6.08. The molecule has 1 atom stereocenters. The molecule has 1 aliphatic heterocycles. The van der Waals surface area contributed by atoms with E-state index in [0.717, 1.165) is 25.3 Å². The normalized spacial score (nSPS) is 25.6. The van der Waals surface area contributed by atoms with E-state index in [9.17, 15) is 5.11 Å². The SMILES string of the molecule is CC(C)(O)CCC1CCCCNC1. The average molecular weight is 185 g/mol. The lowest BCUT2D eigenvalue weighted by atomic mass is 9.92. The highest BCUT2D eigenvalue weighted by Gasteiger charge is 2.17. The zero-order valence-corrected chi connectivity index (χ0v) is 8.97. The van der Waals surface area contributed by atoms with Crippen molar-refractivity contribution in [3.05, 3.63) is 0 Å². The van der Waals surface area contributed by atoms with Gasteiger partial charge < -0.3 is 10.4 Å². The molecule has 0 aromatic rings. The average Bonchev–Trinajstić information content (AvgIpc) is 2.26. The van der Waals surface area contributed by atoms with Crippen molar-refractivity contribution in [1.82, 2.24) is 5.32 Å². The summed E-state index contributed by atoms with van der Waals surface area (Å²) in [6, 6.07) is 0. The highest BCUT2D eigenvalue weighted by Crippen LogP contribution is 2.21. The van der Waals surface area contributed by atoms with E-state index in [2.05, 4.69) is 5.32 Å². The maximum atomic E-state index is 9.60. The zero-order chi connectivity index (χ0) is 9.73. The van der Waals surface area contributed by atoms with Gasteiger partial charge in [-0.1, -0.05) is 6.42 Å². The van der Waals surface area contributed by atoms with Gasteiger partial charge in [-0.2, -0.15) is 0 Å². The Morgan fingerprint density at radius 1 is 1.38 bits per heavy atom. The van der Waals surface area contributed by atoms with Crippen molar-refractivity contribution in [2.24, 2.45) is 5.92 Å². The Hall–Kier alpha value is -0.0800. The van der Waals surface area contributed by atoms with Crippen molar-refractivity contribution in [3.8, 4) is 0 Å². The van der Waals surface area contributed by atoms with Gasteiger partial charge in [0.2, 0.25) is 0 Å². The minimum Gasteiger partial charge on any atom is -0.390 e. The maximum Gasteiger partial charge on any atom is 0.0591 e. The molecule has 0 saturated carbocycles. The lowest BCUT2D eigenvalue weighted by molar-refractivity contribution is 0.0632. The zero-order valence-electron chi connectivity index (χ0n) is 8.97. The third kappa shape index (κ3) is 5.27. The fraction of sp³-hybridized carbons (Fsp3) is 1.00. The summed E-state index contributed by atoms with van der Waals surface area (Å²) < 4.78 is 0. The Morgan fingerprint density at radius 2 is 2.15 bits per heavy atom. The fourth-order valence-electron chi connectivity index (χ4n) is 1.90. The van der Waals surface area contributed by atoms with Gasteiger partial charge in [0.15, 0.2) is 0 Å². The molecule has 0 aromatic carbocycles. The summed E-state index contributed by atoms with van der Waals surface area (Å²) in [5.41, 5.74) is -0.480. The fourth-order valence-corrected chi connectivity index (χ4v) is 1.90. The first kappa shape index (κ1) is 11.0. The topological polar surface area (TPSA) is 32.3 Å². The van der Waals surface area contributed by atoms with Gasteiger partial charge in [0.25, 0.3) is 0 Å². The maximum absolute atomic E-state index is 9.60. The molecule has 2 N–H and O–H groups in total. The molecule has 1 rings (SSSR count). The van der Waals surface area contributed by atoms with Crippen LogP contribution in [0.5, 0.6) is 0 Å². The molecule has 0 radical (unpaired) electrons. The number of hydrogen-bond acceptors (Lipinski definition) is 2. The summed E-state index contributed by atoms with van der Waals surface area (Å²) in [7, 11) is 0. The third-order valence-corrected chi connectivity index (χ3v) is 2.81. The molecule has 1 saturated heterocycles. The van der Waals surface area contributed by atoms with Gasteiger partial charge in [-0.15, -0.1) is 0 Å². The summed E-state index contributed by atoms with van der Waals surface area (Å²) in [5, 5.41) is 13.1. The predicted molar refractivity (Wildman–Crippen MR) is 55.7 cm³/mol. The Bertz CT molecular complexity index is 132. The van der Waals surface area contributed by atoms with Crippen LogP contribution in [0.4, 0.5) is 0 Å².